The zero-order valence-corrected chi connectivity index (χ0v) is 12.3. The summed E-state index contributed by atoms with van der Waals surface area (Å²) in [6.45, 7) is 0.0748. The molecule has 2 heterocycles. The van der Waals surface area contributed by atoms with Crippen molar-refractivity contribution in [3.8, 4) is 11.5 Å². The first-order chi connectivity index (χ1) is 11.5. The summed E-state index contributed by atoms with van der Waals surface area (Å²) in [7, 11) is 0. The van der Waals surface area contributed by atoms with E-state index in [4.69, 9.17) is 17.2 Å². The highest BCUT2D eigenvalue weighted by molar-refractivity contribution is 5.82. The van der Waals surface area contributed by atoms with E-state index in [0.717, 1.165) is 12.1 Å². The summed E-state index contributed by atoms with van der Waals surface area (Å²) in [4.78, 5) is 4.14. The minimum atomic E-state index is -0.815. The Morgan fingerprint density at radius 2 is 2.08 bits per heavy atom. The maximum atomic E-state index is 14.0. The zero-order valence-electron chi connectivity index (χ0n) is 12.3. The van der Waals surface area contributed by atoms with Gasteiger partial charge in [0.05, 0.1) is 12.1 Å². The molecule has 0 aliphatic rings. The fourth-order valence-electron chi connectivity index (χ4n) is 2.26. The number of nitrogen functional groups attached to an aromatic ring is 1. The molecule has 3 rings (SSSR count). The van der Waals surface area contributed by atoms with Crippen LogP contribution in [-0.2, 0) is 6.54 Å². The Balaban J connectivity index is 2.25. The summed E-state index contributed by atoms with van der Waals surface area (Å²) in [6.07, 6.45) is 4.38. The minimum Gasteiger partial charge on any atom is -0.405 e. The molecule has 3 aromatic rings. The number of imidazole rings is 1. The van der Waals surface area contributed by atoms with Gasteiger partial charge in [0.1, 0.15) is 11.3 Å². The summed E-state index contributed by atoms with van der Waals surface area (Å²) >= 11 is 0. The molecule has 0 radical (unpaired) electrons. The third-order valence-electron chi connectivity index (χ3n) is 3.26. The number of nitrogens with zero attached hydrogens (tertiary/aromatic N) is 4. The molecular formula is C14H13F2N7O. The maximum absolute atomic E-state index is 14.0. The van der Waals surface area contributed by atoms with Gasteiger partial charge in [-0.05, 0) is 28.7 Å². The first-order valence-corrected chi connectivity index (χ1v) is 6.78. The molecular weight excluding hydrogens is 320 g/mol. The van der Waals surface area contributed by atoms with Crippen molar-refractivity contribution in [1.82, 2.24) is 19.9 Å². The molecule has 0 aliphatic carbocycles. The number of benzene rings is 1. The van der Waals surface area contributed by atoms with Gasteiger partial charge in [0, 0.05) is 17.8 Å². The fourth-order valence-corrected chi connectivity index (χ4v) is 2.26. The van der Waals surface area contributed by atoms with Gasteiger partial charge in [-0.25, -0.2) is 18.4 Å². The summed E-state index contributed by atoms with van der Waals surface area (Å²) in [6, 6.07) is 1.88. The number of allylic oxidation sites excluding steroid dienone is 3. The van der Waals surface area contributed by atoms with Crippen LogP contribution < -0.4 is 17.2 Å². The van der Waals surface area contributed by atoms with E-state index in [9.17, 15) is 8.78 Å². The van der Waals surface area contributed by atoms with Crippen molar-refractivity contribution in [2.24, 2.45) is 11.5 Å². The topological polar surface area (TPSA) is 135 Å². The predicted molar refractivity (Wildman–Crippen MR) is 83.0 cm³/mol. The molecule has 1 aromatic carbocycles. The standard InChI is InChI=1S/C14H13F2N7O/c15-7-4-9(16)11-10(5-7)23(6-8(18)2-1-3-17)14(20-11)12-13(19)22-24-21-12/h1-5H,6,17-18H2,(H2,19,22)/b3-1-,8-2-. The maximum Gasteiger partial charge on any atom is 0.199 e. The van der Waals surface area contributed by atoms with Crippen LogP contribution in [0, 0.1) is 11.6 Å². The molecule has 124 valence electrons. The Morgan fingerprint density at radius 3 is 2.75 bits per heavy atom. The van der Waals surface area contributed by atoms with Crippen LogP contribution >= 0.6 is 0 Å². The van der Waals surface area contributed by atoms with E-state index in [0.29, 0.717) is 5.70 Å². The first kappa shape index (κ1) is 15.5. The van der Waals surface area contributed by atoms with E-state index in [1.165, 1.54) is 16.8 Å². The predicted octanol–water partition coefficient (Wildman–Crippen LogP) is 1.26. The summed E-state index contributed by atoms with van der Waals surface area (Å²) in [5, 5.41) is 7.13. The second kappa shape index (κ2) is 5.99. The molecule has 0 amide bonds. The molecule has 6 N–H and O–H groups in total. The van der Waals surface area contributed by atoms with Gasteiger partial charge in [-0.2, -0.15) is 0 Å². The number of nitrogens with two attached hydrogens (primary N) is 3. The van der Waals surface area contributed by atoms with Crippen LogP contribution in [0.5, 0.6) is 0 Å². The van der Waals surface area contributed by atoms with Crippen molar-refractivity contribution < 1.29 is 13.4 Å². The highest BCUT2D eigenvalue weighted by Crippen LogP contribution is 2.29. The highest BCUT2D eigenvalue weighted by atomic mass is 19.1. The van der Waals surface area contributed by atoms with E-state index in [1.807, 2.05) is 0 Å². The summed E-state index contributed by atoms with van der Waals surface area (Å²) in [5.41, 5.74) is 17.5. The van der Waals surface area contributed by atoms with Crippen LogP contribution in [-0.4, -0.2) is 19.9 Å². The SMILES string of the molecule is N/C=C\C=C(/N)Cn1c(-c2nonc2N)nc2c(F)cc(F)cc21. The van der Waals surface area contributed by atoms with Gasteiger partial charge in [0.15, 0.2) is 23.2 Å². The van der Waals surface area contributed by atoms with E-state index < -0.39 is 11.6 Å². The average Bonchev–Trinajstić information content (AvgIpc) is 3.09. The lowest BCUT2D eigenvalue weighted by atomic mass is 10.3. The van der Waals surface area contributed by atoms with Crippen LogP contribution in [0.3, 0.4) is 0 Å². The Morgan fingerprint density at radius 1 is 1.29 bits per heavy atom. The number of aromatic nitrogens is 4. The largest absolute Gasteiger partial charge is 0.405 e. The van der Waals surface area contributed by atoms with Gasteiger partial charge in [-0.3, -0.25) is 0 Å². The molecule has 0 atom stereocenters. The normalized spacial score (nSPS) is 12.5. The lowest BCUT2D eigenvalue weighted by molar-refractivity contribution is 0.310. The van der Waals surface area contributed by atoms with Gasteiger partial charge >= 0.3 is 0 Å². The third kappa shape index (κ3) is 2.64. The lowest BCUT2D eigenvalue weighted by Crippen LogP contribution is -2.10. The fraction of sp³-hybridized carbons (Fsp3) is 0.0714. The number of fused-ring (bicyclic) bond motifs is 1. The van der Waals surface area contributed by atoms with Gasteiger partial charge in [0.2, 0.25) is 0 Å². The molecule has 0 aliphatic heterocycles. The third-order valence-corrected chi connectivity index (χ3v) is 3.26. The molecule has 0 bridgehead atoms. The molecule has 0 saturated heterocycles. The van der Waals surface area contributed by atoms with Crippen molar-refractivity contribution >= 4 is 16.9 Å². The molecule has 24 heavy (non-hydrogen) atoms. The quantitative estimate of drug-likeness (QED) is 0.612. The molecule has 2 aromatic heterocycles. The smallest absolute Gasteiger partial charge is 0.199 e. The molecule has 0 saturated carbocycles. The second-order valence-corrected chi connectivity index (χ2v) is 4.90. The zero-order chi connectivity index (χ0) is 17.3. The van der Waals surface area contributed by atoms with Crippen LogP contribution in [0.1, 0.15) is 0 Å². The Kier molecular flexibility index (Phi) is 3.86. The number of anilines is 1. The van der Waals surface area contributed by atoms with Crippen molar-refractivity contribution in [3.05, 3.63) is 47.8 Å². The molecule has 0 spiro atoms. The van der Waals surface area contributed by atoms with Crippen molar-refractivity contribution in [1.29, 1.82) is 0 Å². The number of halogens is 2. The van der Waals surface area contributed by atoms with Crippen LogP contribution in [0.25, 0.3) is 22.6 Å². The van der Waals surface area contributed by atoms with Crippen molar-refractivity contribution in [3.63, 3.8) is 0 Å². The summed E-state index contributed by atoms with van der Waals surface area (Å²) < 4.78 is 33.7. The van der Waals surface area contributed by atoms with Gasteiger partial charge in [-0.1, -0.05) is 0 Å². The van der Waals surface area contributed by atoms with Crippen LogP contribution in [0.4, 0.5) is 14.6 Å². The van der Waals surface area contributed by atoms with Gasteiger partial charge in [-0.15, -0.1) is 0 Å². The Hall–Kier alpha value is -3.43. The van der Waals surface area contributed by atoms with Crippen molar-refractivity contribution in [2.75, 3.05) is 5.73 Å². The highest BCUT2D eigenvalue weighted by Gasteiger charge is 2.21. The lowest BCUT2D eigenvalue weighted by Gasteiger charge is -2.08. The Bertz CT molecular complexity index is 958. The monoisotopic (exact) mass is 333 g/mol. The summed E-state index contributed by atoms with van der Waals surface area (Å²) in [5.74, 6) is -1.44. The van der Waals surface area contributed by atoms with Gasteiger partial charge < -0.3 is 21.8 Å². The minimum absolute atomic E-state index is 0.0307. The average molecular weight is 333 g/mol. The van der Waals surface area contributed by atoms with Crippen LogP contribution in [0.15, 0.2) is 40.8 Å². The number of rotatable bonds is 4. The van der Waals surface area contributed by atoms with E-state index in [2.05, 4.69) is 19.9 Å². The second-order valence-electron chi connectivity index (χ2n) is 4.90. The first-order valence-electron chi connectivity index (χ1n) is 6.78. The molecule has 0 unspecified atom stereocenters. The van der Waals surface area contributed by atoms with E-state index in [1.54, 1.807) is 6.08 Å². The van der Waals surface area contributed by atoms with E-state index >= 15 is 0 Å². The number of hydrogen-bond donors (Lipinski definition) is 3. The molecule has 8 nitrogen and oxygen atoms in total. The van der Waals surface area contributed by atoms with Crippen LogP contribution in [0.2, 0.25) is 0 Å². The Labute approximate surface area is 134 Å². The number of hydrogen-bond acceptors (Lipinski definition) is 7. The van der Waals surface area contributed by atoms with Gasteiger partial charge in [0.25, 0.3) is 0 Å². The van der Waals surface area contributed by atoms with E-state index in [-0.39, 0.29) is 34.9 Å². The molecule has 10 heteroatoms. The van der Waals surface area contributed by atoms with Crippen molar-refractivity contribution in [2.45, 2.75) is 6.54 Å². The molecule has 0 fully saturated rings.